The lowest BCUT2D eigenvalue weighted by molar-refractivity contribution is 0.0232. The normalized spacial score (nSPS) is 12.5. The second-order valence-corrected chi connectivity index (χ2v) is 8.29. The summed E-state index contributed by atoms with van der Waals surface area (Å²) in [5, 5.41) is 15.1. The van der Waals surface area contributed by atoms with Crippen LogP contribution in [0.2, 0.25) is 0 Å². The van der Waals surface area contributed by atoms with Crippen molar-refractivity contribution < 1.29 is 9.90 Å². The SMILES string of the molecule is CN(C)C(O)Cn1cc(-c2ccc(-c3cncc4sc(C(N)=O)c(N)c34)cc2)cn1. The number of rotatable bonds is 6. The van der Waals surface area contributed by atoms with Crippen LogP contribution in [0, 0.1) is 0 Å². The maximum atomic E-state index is 11.7. The van der Waals surface area contributed by atoms with Crippen molar-refractivity contribution in [2.75, 3.05) is 19.8 Å². The molecule has 0 fully saturated rings. The standard InChI is InChI=1S/C21H22N6O2S/c1-26(2)17(28)11-27-10-14(7-25-27)12-3-5-13(6-4-12)15-8-24-9-16-18(15)19(22)20(30-16)21(23)29/h3-10,17,28H,11,22H2,1-2H3,(H2,23,29). The van der Waals surface area contributed by atoms with Gasteiger partial charge in [-0.15, -0.1) is 11.3 Å². The molecule has 0 aliphatic heterocycles. The Kier molecular flexibility index (Phi) is 5.25. The Hall–Kier alpha value is -3.27. The topological polar surface area (TPSA) is 123 Å². The lowest BCUT2D eigenvalue weighted by Gasteiger charge is -2.17. The van der Waals surface area contributed by atoms with E-state index in [-0.39, 0.29) is 0 Å². The van der Waals surface area contributed by atoms with Gasteiger partial charge in [0, 0.05) is 35.1 Å². The number of likely N-dealkylation sites (N-methyl/N-ethyl adjacent to an activating group) is 1. The minimum atomic E-state index is -0.602. The van der Waals surface area contributed by atoms with Crippen molar-refractivity contribution in [3.63, 3.8) is 0 Å². The molecule has 9 heteroatoms. The molecule has 5 N–H and O–H groups in total. The minimum absolute atomic E-state index is 0.350. The molecule has 0 bridgehead atoms. The molecule has 0 aliphatic rings. The largest absolute Gasteiger partial charge is 0.397 e. The van der Waals surface area contributed by atoms with Crippen LogP contribution in [0.1, 0.15) is 9.67 Å². The van der Waals surface area contributed by atoms with E-state index in [0.29, 0.717) is 17.1 Å². The van der Waals surface area contributed by atoms with E-state index in [0.717, 1.165) is 32.3 Å². The second kappa shape index (κ2) is 7.86. The van der Waals surface area contributed by atoms with Crippen LogP contribution in [0.15, 0.2) is 49.1 Å². The number of nitrogens with zero attached hydrogens (tertiary/aromatic N) is 4. The van der Waals surface area contributed by atoms with Gasteiger partial charge in [-0.1, -0.05) is 24.3 Å². The molecule has 3 aromatic heterocycles. The first-order valence-corrected chi connectivity index (χ1v) is 10.1. The number of aromatic nitrogens is 3. The van der Waals surface area contributed by atoms with Crippen molar-refractivity contribution in [1.82, 2.24) is 19.7 Å². The number of nitrogens with two attached hydrogens (primary N) is 2. The summed E-state index contributed by atoms with van der Waals surface area (Å²) >= 11 is 1.25. The van der Waals surface area contributed by atoms with E-state index >= 15 is 0 Å². The first-order valence-electron chi connectivity index (χ1n) is 9.28. The number of nitrogen functional groups attached to an aromatic ring is 1. The summed E-state index contributed by atoms with van der Waals surface area (Å²) in [6.07, 6.45) is 6.51. The van der Waals surface area contributed by atoms with Crippen LogP contribution in [0.3, 0.4) is 0 Å². The molecule has 0 saturated heterocycles. The molecule has 30 heavy (non-hydrogen) atoms. The number of carbonyl (C=O) groups is 1. The highest BCUT2D eigenvalue weighted by atomic mass is 32.1. The minimum Gasteiger partial charge on any atom is -0.397 e. The lowest BCUT2D eigenvalue weighted by Crippen LogP contribution is -2.31. The number of pyridine rings is 1. The average molecular weight is 423 g/mol. The van der Waals surface area contributed by atoms with Gasteiger partial charge >= 0.3 is 0 Å². The molecule has 3 heterocycles. The Morgan fingerprint density at radius 2 is 1.87 bits per heavy atom. The Morgan fingerprint density at radius 1 is 1.17 bits per heavy atom. The number of hydrogen-bond acceptors (Lipinski definition) is 7. The first kappa shape index (κ1) is 20.0. The van der Waals surface area contributed by atoms with Gasteiger partial charge in [0.15, 0.2) is 0 Å². The molecule has 154 valence electrons. The number of fused-ring (bicyclic) bond motifs is 1. The average Bonchev–Trinajstić information content (AvgIpc) is 3.33. The van der Waals surface area contributed by atoms with Crippen molar-refractivity contribution in [1.29, 1.82) is 0 Å². The van der Waals surface area contributed by atoms with E-state index in [4.69, 9.17) is 11.5 Å². The van der Waals surface area contributed by atoms with Gasteiger partial charge in [0.05, 0.1) is 23.1 Å². The molecule has 4 aromatic rings. The number of amides is 1. The maximum absolute atomic E-state index is 11.7. The molecule has 0 spiro atoms. The molecule has 0 aliphatic carbocycles. The van der Waals surface area contributed by atoms with Gasteiger partial charge in [0.25, 0.3) is 5.91 Å². The van der Waals surface area contributed by atoms with Gasteiger partial charge in [-0.2, -0.15) is 5.10 Å². The Labute approximate surface area is 177 Å². The molecular formula is C21H22N6O2S. The van der Waals surface area contributed by atoms with Gasteiger partial charge in [-0.25, -0.2) is 0 Å². The number of carbonyl (C=O) groups excluding carboxylic acids is 1. The molecule has 0 radical (unpaired) electrons. The van der Waals surface area contributed by atoms with E-state index in [1.807, 2.05) is 44.6 Å². The summed E-state index contributed by atoms with van der Waals surface area (Å²) in [4.78, 5) is 18.0. The summed E-state index contributed by atoms with van der Waals surface area (Å²) in [6.45, 7) is 0.387. The predicted molar refractivity (Wildman–Crippen MR) is 119 cm³/mol. The highest BCUT2D eigenvalue weighted by molar-refractivity contribution is 7.21. The van der Waals surface area contributed by atoms with Crippen molar-refractivity contribution in [2.45, 2.75) is 12.8 Å². The zero-order chi connectivity index (χ0) is 21.4. The van der Waals surface area contributed by atoms with Gasteiger partial charge in [0.1, 0.15) is 11.1 Å². The first-order chi connectivity index (χ1) is 14.3. The van der Waals surface area contributed by atoms with Crippen LogP contribution in [0.4, 0.5) is 5.69 Å². The van der Waals surface area contributed by atoms with Crippen LogP contribution in [0.25, 0.3) is 32.3 Å². The number of hydrogen-bond donors (Lipinski definition) is 3. The maximum Gasteiger partial charge on any atom is 0.260 e. The third kappa shape index (κ3) is 3.65. The van der Waals surface area contributed by atoms with Crippen LogP contribution in [0.5, 0.6) is 0 Å². The fourth-order valence-corrected chi connectivity index (χ4v) is 4.23. The molecule has 0 saturated carbocycles. The predicted octanol–water partition coefficient (Wildman–Crippen LogP) is 2.39. The lowest BCUT2D eigenvalue weighted by atomic mass is 10.00. The monoisotopic (exact) mass is 422 g/mol. The fourth-order valence-electron chi connectivity index (χ4n) is 3.26. The molecule has 1 aromatic carbocycles. The van der Waals surface area contributed by atoms with Crippen molar-refractivity contribution >= 4 is 33.0 Å². The fraction of sp³-hybridized carbons (Fsp3) is 0.190. The second-order valence-electron chi connectivity index (χ2n) is 7.24. The molecule has 1 unspecified atom stereocenters. The van der Waals surface area contributed by atoms with E-state index in [1.54, 1.807) is 28.2 Å². The highest BCUT2D eigenvalue weighted by Crippen LogP contribution is 2.39. The van der Waals surface area contributed by atoms with E-state index in [1.165, 1.54) is 11.3 Å². The van der Waals surface area contributed by atoms with E-state index in [2.05, 4.69) is 10.1 Å². The Bertz CT molecular complexity index is 1210. The third-order valence-corrected chi connectivity index (χ3v) is 6.12. The molecule has 1 atom stereocenters. The smallest absolute Gasteiger partial charge is 0.260 e. The van der Waals surface area contributed by atoms with Crippen molar-refractivity contribution in [3.05, 3.63) is 53.9 Å². The third-order valence-electron chi connectivity index (χ3n) is 4.97. The van der Waals surface area contributed by atoms with E-state index < -0.39 is 12.1 Å². The molecular weight excluding hydrogens is 400 g/mol. The van der Waals surface area contributed by atoms with E-state index in [9.17, 15) is 9.90 Å². The van der Waals surface area contributed by atoms with Crippen molar-refractivity contribution in [2.24, 2.45) is 5.73 Å². The number of thiophene rings is 1. The Balaban J connectivity index is 1.65. The van der Waals surface area contributed by atoms with Gasteiger partial charge in [-0.05, 0) is 25.2 Å². The molecule has 4 rings (SSSR count). The molecule has 8 nitrogen and oxygen atoms in total. The van der Waals surface area contributed by atoms with Crippen LogP contribution >= 0.6 is 11.3 Å². The van der Waals surface area contributed by atoms with Crippen LogP contribution in [-0.4, -0.2) is 51.0 Å². The summed E-state index contributed by atoms with van der Waals surface area (Å²) in [7, 11) is 3.63. The van der Waals surface area contributed by atoms with Gasteiger partial charge in [0.2, 0.25) is 0 Å². The van der Waals surface area contributed by atoms with Crippen LogP contribution < -0.4 is 11.5 Å². The van der Waals surface area contributed by atoms with Crippen molar-refractivity contribution in [3.8, 4) is 22.3 Å². The quantitative estimate of drug-likeness (QED) is 0.410. The van der Waals surface area contributed by atoms with Crippen LogP contribution in [-0.2, 0) is 6.54 Å². The highest BCUT2D eigenvalue weighted by Gasteiger charge is 2.18. The zero-order valence-electron chi connectivity index (χ0n) is 16.6. The number of primary amides is 1. The molecule has 1 amide bonds. The summed E-state index contributed by atoms with van der Waals surface area (Å²) in [5.41, 5.74) is 15.8. The summed E-state index contributed by atoms with van der Waals surface area (Å²) in [5.74, 6) is -0.536. The number of benzene rings is 1. The number of aliphatic hydroxyl groups excluding tert-OH is 1. The summed E-state index contributed by atoms with van der Waals surface area (Å²) in [6, 6.07) is 7.96. The van der Waals surface area contributed by atoms with Gasteiger partial charge < -0.3 is 16.6 Å². The Morgan fingerprint density at radius 3 is 2.53 bits per heavy atom. The number of aliphatic hydroxyl groups is 1. The van der Waals surface area contributed by atoms with Gasteiger partial charge in [-0.3, -0.25) is 19.4 Å². The zero-order valence-corrected chi connectivity index (χ0v) is 17.4. The summed E-state index contributed by atoms with van der Waals surface area (Å²) < 4.78 is 2.54. The number of anilines is 1.